The lowest BCUT2D eigenvalue weighted by atomic mass is 9.96. The fourth-order valence-electron chi connectivity index (χ4n) is 3.18. The number of benzene rings is 2. The van der Waals surface area contributed by atoms with Gasteiger partial charge in [0, 0.05) is 17.0 Å². The average molecular weight is 351 g/mol. The first-order valence-corrected chi connectivity index (χ1v) is 8.95. The summed E-state index contributed by atoms with van der Waals surface area (Å²) in [5.41, 5.74) is 2.75. The maximum absolute atomic E-state index is 12.7. The molecule has 1 amide bonds. The molecule has 26 heavy (non-hydrogen) atoms. The van der Waals surface area contributed by atoms with Crippen LogP contribution in [0.5, 0.6) is 5.75 Å². The van der Waals surface area contributed by atoms with E-state index in [0.29, 0.717) is 12.3 Å². The van der Waals surface area contributed by atoms with Gasteiger partial charge in [-0.2, -0.15) is 0 Å². The first-order valence-electron chi connectivity index (χ1n) is 8.95. The molecule has 1 N–H and O–H groups in total. The molecule has 4 nitrogen and oxygen atoms in total. The zero-order valence-electron chi connectivity index (χ0n) is 15.5. The maximum Gasteiger partial charge on any atom is 0.225 e. The molecule has 2 aromatic carbocycles. The van der Waals surface area contributed by atoms with Crippen LogP contribution in [0.15, 0.2) is 59.2 Å². The van der Waals surface area contributed by atoms with Gasteiger partial charge in [0.2, 0.25) is 5.91 Å². The van der Waals surface area contributed by atoms with Crippen molar-refractivity contribution in [2.45, 2.75) is 32.7 Å². The Morgan fingerprint density at radius 2 is 1.92 bits per heavy atom. The van der Waals surface area contributed by atoms with E-state index in [1.165, 1.54) is 0 Å². The lowest BCUT2D eigenvalue weighted by Crippen LogP contribution is -2.30. The summed E-state index contributed by atoms with van der Waals surface area (Å²) in [7, 11) is 1.62. The normalized spacial score (nSPS) is 12.3. The third-order valence-corrected chi connectivity index (χ3v) is 4.46. The number of ether oxygens (including phenoxy) is 1. The Balaban J connectivity index is 1.74. The number of hydrogen-bond donors (Lipinski definition) is 1. The molecule has 1 aromatic heterocycles. The Labute approximate surface area is 154 Å². The minimum Gasteiger partial charge on any atom is -0.497 e. The fourth-order valence-corrected chi connectivity index (χ4v) is 3.18. The summed E-state index contributed by atoms with van der Waals surface area (Å²) >= 11 is 0. The predicted octanol–water partition coefficient (Wildman–Crippen LogP) is 4.89. The third kappa shape index (κ3) is 4.26. The van der Waals surface area contributed by atoms with Crippen molar-refractivity contribution in [3.8, 4) is 5.75 Å². The summed E-state index contributed by atoms with van der Waals surface area (Å²) in [6.07, 6.45) is 2.85. The van der Waals surface area contributed by atoms with Crippen LogP contribution in [0.3, 0.4) is 0 Å². The summed E-state index contributed by atoms with van der Waals surface area (Å²) in [6, 6.07) is 15.8. The maximum atomic E-state index is 12.7. The van der Waals surface area contributed by atoms with Gasteiger partial charge in [-0.25, -0.2) is 0 Å². The average Bonchev–Trinajstić information content (AvgIpc) is 3.03. The molecule has 3 rings (SSSR count). The lowest BCUT2D eigenvalue weighted by Gasteiger charge is -2.21. The summed E-state index contributed by atoms with van der Waals surface area (Å²) in [5, 5.41) is 4.13. The Morgan fingerprint density at radius 3 is 2.62 bits per heavy atom. The van der Waals surface area contributed by atoms with Crippen LogP contribution >= 0.6 is 0 Å². The Bertz CT molecular complexity index is 867. The van der Waals surface area contributed by atoms with E-state index in [4.69, 9.17) is 9.15 Å². The second-order valence-electron chi connectivity index (χ2n) is 6.96. The monoisotopic (exact) mass is 351 g/mol. The highest BCUT2D eigenvalue weighted by Crippen LogP contribution is 2.26. The SMILES string of the molecule is COc1ccc2c(CC(=O)NC(CC(C)C)c3ccccc3)coc2c1. The van der Waals surface area contributed by atoms with Gasteiger partial charge in [0.25, 0.3) is 0 Å². The van der Waals surface area contributed by atoms with Gasteiger partial charge in [0.15, 0.2) is 0 Å². The fraction of sp³-hybridized carbons (Fsp3) is 0.318. The number of hydrogen-bond acceptors (Lipinski definition) is 3. The number of carbonyl (C=O) groups is 1. The topological polar surface area (TPSA) is 51.5 Å². The van der Waals surface area contributed by atoms with Gasteiger partial charge in [-0.15, -0.1) is 0 Å². The lowest BCUT2D eigenvalue weighted by molar-refractivity contribution is -0.121. The minimum atomic E-state index is -0.00183. The van der Waals surface area contributed by atoms with Crippen molar-refractivity contribution in [1.29, 1.82) is 0 Å². The quantitative estimate of drug-likeness (QED) is 0.659. The molecule has 3 aromatic rings. The van der Waals surface area contributed by atoms with Gasteiger partial charge in [-0.3, -0.25) is 4.79 Å². The number of furan rings is 1. The van der Waals surface area contributed by atoms with Gasteiger partial charge < -0.3 is 14.5 Å². The summed E-state index contributed by atoms with van der Waals surface area (Å²) in [6.45, 7) is 4.33. The van der Waals surface area contributed by atoms with Gasteiger partial charge in [0.1, 0.15) is 11.3 Å². The molecular weight excluding hydrogens is 326 g/mol. The number of fused-ring (bicyclic) bond motifs is 1. The smallest absolute Gasteiger partial charge is 0.225 e. The molecule has 0 fully saturated rings. The van der Waals surface area contributed by atoms with Crippen LogP contribution in [0.2, 0.25) is 0 Å². The molecule has 136 valence electrons. The van der Waals surface area contributed by atoms with Crippen LogP contribution in [0.4, 0.5) is 0 Å². The summed E-state index contributed by atoms with van der Waals surface area (Å²) < 4.78 is 10.8. The van der Waals surface area contributed by atoms with Crippen molar-refractivity contribution in [2.75, 3.05) is 7.11 Å². The van der Waals surface area contributed by atoms with Gasteiger partial charge >= 0.3 is 0 Å². The first kappa shape index (κ1) is 18.1. The van der Waals surface area contributed by atoms with E-state index in [-0.39, 0.29) is 11.9 Å². The number of nitrogens with one attached hydrogen (secondary N) is 1. The molecule has 4 heteroatoms. The molecule has 0 aliphatic rings. The predicted molar refractivity (Wildman–Crippen MR) is 103 cm³/mol. The van der Waals surface area contributed by atoms with Crippen molar-refractivity contribution >= 4 is 16.9 Å². The first-order chi connectivity index (χ1) is 12.6. The zero-order valence-corrected chi connectivity index (χ0v) is 15.5. The largest absolute Gasteiger partial charge is 0.497 e. The molecule has 0 spiro atoms. The van der Waals surface area contributed by atoms with E-state index in [1.54, 1.807) is 13.4 Å². The van der Waals surface area contributed by atoms with Gasteiger partial charge in [-0.05, 0) is 30.0 Å². The molecule has 1 unspecified atom stereocenters. The van der Waals surface area contributed by atoms with E-state index < -0.39 is 0 Å². The van der Waals surface area contributed by atoms with Crippen molar-refractivity contribution in [3.05, 3.63) is 65.9 Å². The van der Waals surface area contributed by atoms with E-state index in [9.17, 15) is 4.79 Å². The zero-order chi connectivity index (χ0) is 18.5. The Kier molecular flexibility index (Phi) is 5.61. The Morgan fingerprint density at radius 1 is 1.15 bits per heavy atom. The highest BCUT2D eigenvalue weighted by atomic mass is 16.5. The minimum absolute atomic E-state index is 0.00183. The van der Waals surface area contributed by atoms with Crippen molar-refractivity contribution in [2.24, 2.45) is 5.92 Å². The number of rotatable bonds is 7. The second kappa shape index (κ2) is 8.09. The van der Waals surface area contributed by atoms with E-state index >= 15 is 0 Å². The van der Waals surface area contributed by atoms with Crippen molar-refractivity contribution in [1.82, 2.24) is 5.32 Å². The van der Waals surface area contributed by atoms with Crippen LogP contribution in [0.25, 0.3) is 11.0 Å². The molecule has 1 heterocycles. The molecule has 0 saturated heterocycles. The van der Waals surface area contributed by atoms with Gasteiger partial charge in [-0.1, -0.05) is 44.2 Å². The van der Waals surface area contributed by atoms with Crippen LogP contribution in [-0.4, -0.2) is 13.0 Å². The van der Waals surface area contributed by atoms with E-state index in [1.807, 2.05) is 36.4 Å². The van der Waals surface area contributed by atoms with Crippen molar-refractivity contribution in [3.63, 3.8) is 0 Å². The van der Waals surface area contributed by atoms with Crippen molar-refractivity contribution < 1.29 is 13.9 Å². The standard InChI is InChI=1S/C22H25NO3/c1-15(2)11-20(16-7-5-4-6-8-16)23-22(24)12-17-14-26-21-13-18(25-3)9-10-19(17)21/h4-10,13-15,20H,11-12H2,1-3H3,(H,23,24). The van der Waals surface area contributed by atoms with Crippen LogP contribution in [0.1, 0.15) is 37.4 Å². The van der Waals surface area contributed by atoms with Crippen LogP contribution in [-0.2, 0) is 11.2 Å². The molecule has 0 aliphatic carbocycles. The molecule has 0 aliphatic heterocycles. The van der Waals surface area contributed by atoms with Crippen LogP contribution in [0, 0.1) is 5.92 Å². The second-order valence-corrected chi connectivity index (χ2v) is 6.96. The third-order valence-electron chi connectivity index (χ3n) is 4.46. The number of carbonyl (C=O) groups excluding carboxylic acids is 1. The Hall–Kier alpha value is -2.75. The number of amides is 1. The van der Waals surface area contributed by atoms with E-state index in [2.05, 4.69) is 31.3 Å². The molecular formula is C22H25NO3. The molecule has 0 bridgehead atoms. The molecule has 0 radical (unpaired) electrons. The molecule has 1 atom stereocenters. The number of methoxy groups -OCH3 is 1. The summed E-state index contributed by atoms with van der Waals surface area (Å²) in [5.74, 6) is 1.23. The molecule has 0 saturated carbocycles. The van der Waals surface area contributed by atoms with Crippen LogP contribution < -0.4 is 10.1 Å². The van der Waals surface area contributed by atoms with Gasteiger partial charge in [0.05, 0.1) is 25.8 Å². The summed E-state index contributed by atoms with van der Waals surface area (Å²) in [4.78, 5) is 12.7. The highest BCUT2D eigenvalue weighted by Gasteiger charge is 2.18. The highest BCUT2D eigenvalue weighted by molar-refractivity contribution is 5.88. The van der Waals surface area contributed by atoms with E-state index in [0.717, 1.165) is 34.3 Å².